The van der Waals surface area contributed by atoms with E-state index < -0.39 is 40.0 Å². The number of benzene rings is 2. The second kappa shape index (κ2) is 7.89. The molecule has 2 aromatic carbocycles. The molecule has 1 aliphatic heterocycles. The van der Waals surface area contributed by atoms with Crippen LogP contribution in [0.4, 0.5) is 0 Å². The van der Waals surface area contributed by atoms with E-state index >= 15 is 0 Å². The molecule has 0 bridgehead atoms. The summed E-state index contributed by atoms with van der Waals surface area (Å²) in [5, 5.41) is 8.67. The van der Waals surface area contributed by atoms with Crippen LogP contribution in [-0.4, -0.2) is 43.9 Å². The van der Waals surface area contributed by atoms with Crippen molar-refractivity contribution >= 4 is 21.5 Å². The maximum atomic E-state index is 12.6. The lowest BCUT2D eigenvalue weighted by Gasteiger charge is -2.36. The molecule has 0 spiro atoms. The fourth-order valence-electron chi connectivity index (χ4n) is 2.79. The molecule has 2 aromatic rings. The number of rotatable bonds is 4. The largest absolute Gasteiger partial charge is 0.387 e. The number of aryl methyl sites for hydroxylation is 1. The topological polar surface area (TPSA) is 113 Å². The molecule has 0 aliphatic carbocycles. The van der Waals surface area contributed by atoms with Gasteiger partial charge in [-0.1, -0.05) is 48.5 Å². The number of hydrogen-bond acceptors (Lipinski definition) is 7. The Kier molecular flexibility index (Phi) is 5.75. The van der Waals surface area contributed by atoms with Crippen LogP contribution in [0.15, 0.2) is 59.5 Å². The van der Waals surface area contributed by atoms with E-state index in [9.17, 15) is 23.8 Å². The molecule has 7 nitrogen and oxygen atoms in total. The van der Waals surface area contributed by atoms with Crippen molar-refractivity contribution in [3.63, 3.8) is 0 Å². The van der Waals surface area contributed by atoms with Gasteiger partial charge in [0.25, 0.3) is 5.78 Å². The number of aliphatic hydroxyl groups excluding tert-OH is 1. The number of ether oxygens (including phenoxy) is 2. The smallest absolute Gasteiger partial charge is 0.313 e. The summed E-state index contributed by atoms with van der Waals surface area (Å²) >= 11 is 0. The van der Waals surface area contributed by atoms with Crippen LogP contribution in [0.1, 0.15) is 17.4 Å². The summed E-state index contributed by atoms with van der Waals surface area (Å²) < 4.78 is 31.7. The molecule has 1 unspecified atom stereocenters. The van der Waals surface area contributed by atoms with Crippen LogP contribution in [0, 0.1) is 6.92 Å². The van der Waals surface area contributed by atoms with Crippen LogP contribution in [-0.2, 0) is 19.1 Å². The van der Waals surface area contributed by atoms with E-state index in [-0.39, 0.29) is 11.5 Å². The molecule has 8 heteroatoms. The molecule has 3 atom stereocenters. The van der Waals surface area contributed by atoms with Crippen LogP contribution in [0.25, 0.3) is 0 Å². The van der Waals surface area contributed by atoms with Crippen molar-refractivity contribution in [2.45, 2.75) is 30.3 Å². The Bertz CT molecular complexity index is 837. The van der Waals surface area contributed by atoms with E-state index in [4.69, 9.17) is 9.47 Å². The Morgan fingerprint density at radius 3 is 2.33 bits per heavy atom. The van der Waals surface area contributed by atoms with Gasteiger partial charge < -0.3 is 14.6 Å². The fraction of sp³-hybridized carbons (Fsp3) is 0.263. The molecule has 144 valence electrons. The number of carbonyl (C=O) groups is 2. The van der Waals surface area contributed by atoms with Crippen LogP contribution < -0.4 is 0 Å². The van der Waals surface area contributed by atoms with Crippen molar-refractivity contribution in [3.8, 4) is 0 Å². The van der Waals surface area contributed by atoms with Crippen LogP contribution in [0.3, 0.4) is 0 Å². The highest BCUT2D eigenvalue weighted by Crippen LogP contribution is 2.51. The molecule has 3 N–H and O–H groups in total. The molecule has 0 aromatic heterocycles. The van der Waals surface area contributed by atoms with Crippen molar-refractivity contribution in [1.82, 2.24) is 0 Å². The SMILES string of the molecule is Cc1ccccc1S(O)(O)C(=O)C(=O)[C@H]1OC(c2ccccc2)OC[C@H]1O. The average molecular weight is 392 g/mol. The minimum atomic E-state index is -4.04. The Balaban J connectivity index is 1.83. The zero-order valence-electron chi connectivity index (χ0n) is 14.5. The molecule has 0 radical (unpaired) electrons. The summed E-state index contributed by atoms with van der Waals surface area (Å²) in [4.78, 5) is 25.2. The predicted octanol–water partition coefficient (Wildman–Crippen LogP) is 2.68. The zero-order chi connectivity index (χ0) is 19.6. The molecule has 27 heavy (non-hydrogen) atoms. The molecule has 1 heterocycles. The highest BCUT2D eigenvalue weighted by atomic mass is 32.3. The quantitative estimate of drug-likeness (QED) is 0.686. The van der Waals surface area contributed by atoms with Crippen molar-refractivity contribution in [3.05, 3.63) is 65.7 Å². The third-order valence-corrected chi connectivity index (χ3v) is 6.02. The highest BCUT2D eigenvalue weighted by Gasteiger charge is 2.44. The van der Waals surface area contributed by atoms with Gasteiger partial charge in [0.15, 0.2) is 12.4 Å². The standard InChI is InChI=1S/C19H20O7S/c1-12-7-5-6-10-15(12)27(23,24)18(22)16(21)17-14(20)11-25-19(26-17)13-8-3-2-4-9-13/h2-10,14,17,19-20,23-24H,11H2,1H3/t14-,17+,19?/m1/s1. The summed E-state index contributed by atoms with van der Waals surface area (Å²) in [6, 6.07) is 14.9. The number of hydrogen-bond donors (Lipinski definition) is 3. The van der Waals surface area contributed by atoms with Gasteiger partial charge in [0.1, 0.15) is 6.10 Å². The first-order valence-electron chi connectivity index (χ1n) is 8.24. The van der Waals surface area contributed by atoms with E-state index in [0.717, 1.165) is 0 Å². The molecular formula is C19H20O7S. The summed E-state index contributed by atoms with van der Waals surface area (Å²) in [6.07, 6.45) is -3.89. The fourth-order valence-corrected chi connectivity index (χ4v) is 4.17. The van der Waals surface area contributed by atoms with E-state index in [2.05, 4.69) is 0 Å². The third kappa shape index (κ3) is 3.96. The van der Waals surface area contributed by atoms with Gasteiger partial charge in [-0.2, -0.15) is 0 Å². The van der Waals surface area contributed by atoms with Gasteiger partial charge in [-0.25, -0.2) is 0 Å². The van der Waals surface area contributed by atoms with Crippen molar-refractivity contribution < 1.29 is 33.3 Å². The Hall–Kier alpha value is -2.07. The highest BCUT2D eigenvalue weighted by molar-refractivity contribution is 8.38. The van der Waals surface area contributed by atoms with E-state index in [1.807, 2.05) is 0 Å². The average Bonchev–Trinajstić information content (AvgIpc) is 2.68. The van der Waals surface area contributed by atoms with E-state index in [1.165, 1.54) is 6.07 Å². The second-order valence-corrected chi connectivity index (χ2v) is 8.07. The zero-order valence-corrected chi connectivity index (χ0v) is 15.3. The lowest BCUT2D eigenvalue weighted by molar-refractivity contribution is -0.249. The normalized spacial score (nSPS) is 23.6. The van der Waals surface area contributed by atoms with Gasteiger partial charge >= 0.3 is 5.12 Å². The molecule has 1 fully saturated rings. The Labute approximate surface area is 157 Å². The summed E-state index contributed by atoms with van der Waals surface area (Å²) in [5.74, 6) is -1.20. The van der Waals surface area contributed by atoms with Crippen LogP contribution in [0.5, 0.6) is 0 Å². The van der Waals surface area contributed by atoms with Gasteiger partial charge in [-0.3, -0.25) is 18.7 Å². The number of carbonyl (C=O) groups excluding carboxylic acids is 2. The third-order valence-electron chi connectivity index (χ3n) is 4.23. The first-order chi connectivity index (χ1) is 12.8. The summed E-state index contributed by atoms with van der Waals surface area (Å²) in [7, 11) is -4.04. The summed E-state index contributed by atoms with van der Waals surface area (Å²) in [6.45, 7) is 1.37. The lowest BCUT2D eigenvalue weighted by atomic mass is 10.1. The number of aliphatic hydroxyl groups is 1. The van der Waals surface area contributed by atoms with Crippen LogP contribution in [0.2, 0.25) is 0 Å². The van der Waals surface area contributed by atoms with Crippen molar-refractivity contribution in [1.29, 1.82) is 0 Å². The van der Waals surface area contributed by atoms with Gasteiger partial charge in [0.05, 0.1) is 11.5 Å². The molecule has 0 saturated carbocycles. The molecule has 0 amide bonds. The van der Waals surface area contributed by atoms with Crippen molar-refractivity contribution in [2.24, 2.45) is 0 Å². The lowest BCUT2D eigenvalue weighted by Crippen LogP contribution is -2.48. The molecule has 1 saturated heterocycles. The van der Waals surface area contributed by atoms with E-state index in [0.29, 0.717) is 11.1 Å². The van der Waals surface area contributed by atoms with Gasteiger partial charge in [-0.15, -0.1) is 10.6 Å². The van der Waals surface area contributed by atoms with Gasteiger partial charge in [0.2, 0.25) is 0 Å². The maximum absolute atomic E-state index is 12.6. The number of Topliss-reactive ketones (excluding diaryl/α,β-unsaturated/α-hetero) is 1. The molecule has 1 aliphatic rings. The van der Waals surface area contributed by atoms with E-state index in [1.54, 1.807) is 55.5 Å². The second-order valence-electron chi connectivity index (χ2n) is 6.17. The first-order valence-corrected chi connectivity index (χ1v) is 9.79. The van der Waals surface area contributed by atoms with Gasteiger partial charge in [0, 0.05) is 5.56 Å². The van der Waals surface area contributed by atoms with Crippen LogP contribution >= 0.6 is 10.6 Å². The predicted molar refractivity (Wildman–Crippen MR) is 98.3 cm³/mol. The molecule has 3 rings (SSSR count). The minimum Gasteiger partial charge on any atom is -0.387 e. The van der Waals surface area contributed by atoms with Gasteiger partial charge in [-0.05, 0) is 18.6 Å². The monoisotopic (exact) mass is 392 g/mol. The Morgan fingerprint density at radius 1 is 1.04 bits per heavy atom. The number of ketones is 1. The Morgan fingerprint density at radius 2 is 1.67 bits per heavy atom. The summed E-state index contributed by atoms with van der Waals surface area (Å²) in [5.41, 5.74) is 1.08. The van der Waals surface area contributed by atoms with Crippen molar-refractivity contribution in [2.75, 3.05) is 6.61 Å². The minimum absolute atomic E-state index is 0.0236. The molecular weight excluding hydrogens is 372 g/mol. The maximum Gasteiger partial charge on any atom is 0.313 e. The first kappa shape index (κ1) is 19.7.